The van der Waals surface area contributed by atoms with Gasteiger partial charge in [-0.2, -0.15) is 0 Å². The Hall–Kier alpha value is -3.15. The summed E-state index contributed by atoms with van der Waals surface area (Å²) in [6.07, 6.45) is 0. The molecule has 2 aromatic carbocycles. The maximum absolute atomic E-state index is 12.2. The highest BCUT2D eigenvalue weighted by atomic mass is 16.2. The lowest BCUT2D eigenvalue weighted by molar-refractivity contribution is -0.116. The van der Waals surface area contributed by atoms with Crippen LogP contribution in [0, 0.1) is 6.92 Å². The monoisotopic (exact) mass is 309 g/mol. The molecule has 3 rings (SSSR count). The highest BCUT2D eigenvalue weighted by Crippen LogP contribution is 2.10. The molecule has 0 saturated heterocycles. The Morgan fingerprint density at radius 2 is 1.78 bits per heavy atom. The van der Waals surface area contributed by atoms with Crippen LogP contribution in [-0.2, 0) is 11.3 Å². The molecule has 0 aliphatic carbocycles. The molecule has 0 fully saturated rings. The zero-order valence-electron chi connectivity index (χ0n) is 12.5. The third-order valence-electron chi connectivity index (χ3n) is 3.52. The molecule has 0 bridgehead atoms. The van der Waals surface area contributed by atoms with Gasteiger partial charge in [-0.05, 0) is 31.2 Å². The van der Waals surface area contributed by atoms with E-state index in [0.29, 0.717) is 16.7 Å². The smallest absolute Gasteiger partial charge is 0.317 e. The molecule has 23 heavy (non-hydrogen) atoms. The number of nitrogens with zero attached hydrogens (tertiary/aromatic N) is 1. The largest absolute Gasteiger partial charge is 0.325 e. The van der Waals surface area contributed by atoms with E-state index in [1.54, 1.807) is 36.4 Å². The van der Waals surface area contributed by atoms with Gasteiger partial charge in [0.25, 0.3) is 0 Å². The van der Waals surface area contributed by atoms with Gasteiger partial charge < -0.3 is 10.3 Å². The summed E-state index contributed by atoms with van der Waals surface area (Å²) >= 11 is 0. The van der Waals surface area contributed by atoms with Crippen molar-refractivity contribution >= 4 is 22.6 Å². The second kappa shape index (κ2) is 5.92. The van der Waals surface area contributed by atoms with E-state index in [1.165, 1.54) is 4.57 Å². The molecule has 0 aliphatic heterocycles. The molecule has 0 spiro atoms. The number of para-hydroxylation sites is 2. The lowest BCUT2D eigenvalue weighted by Crippen LogP contribution is -2.38. The first-order valence-electron chi connectivity index (χ1n) is 7.13. The fourth-order valence-corrected chi connectivity index (χ4v) is 2.36. The maximum Gasteiger partial charge on any atom is 0.317 e. The first kappa shape index (κ1) is 14.8. The predicted octanol–water partition coefficient (Wildman–Crippen LogP) is 1.64. The second-order valence-electron chi connectivity index (χ2n) is 5.28. The number of hydrogen-bond donors (Lipinski definition) is 2. The van der Waals surface area contributed by atoms with Crippen LogP contribution in [0.3, 0.4) is 0 Å². The Morgan fingerprint density at radius 1 is 1.09 bits per heavy atom. The highest BCUT2D eigenvalue weighted by molar-refractivity contribution is 5.91. The molecule has 6 nitrogen and oxygen atoms in total. The number of amides is 1. The standard InChI is InChI=1S/C17H15N3O3/c1-11-6-8-12(9-7-11)18-15(21)10-20-14-5-3-2-4-13(14)19-16(22)17(20)23/h2-9H,10H2,1H3,(H,18,21)(H,19,22). The van der Waals surface area contributed by atoms with Gasteiger partial charge in [-0.25, -0.2) is 0 Å². The van der Waals surface area contributed by atoms with Gasteiger partial charge in [-0.3, -0.25) is 19.0 Å². The van der Waals surface area contributed by atoms with Gasteiger partial charge in [0.2, 0.25) is 5.91 Å². The number of aromatic amines is 1. The van der Waals surface area contributed by atoms with Crippen molar-refractivity contribution in [3.8, 4) is 0 Å². The molecule has 1 aromatic heterocycles. The third-order valence-corrected chi connectivity index (χ3v) is 3.52. The minimum absolute atomic E-state index is 0.225. The Bertz CT molecular complexity index is 984. The number of nitrogens with one attached hydrogen (secondary N) is 2. The molecule has 0 saturated carbocycles. The lowest BCUT2D eigenvalue weighted by Gasteiger charge is -2.10. The number of carbonyl (C=O) groups is 1. The van der Waals surface area contributed by atoms with Crippen LogP contribution in [0.15, 0.2) is 58.1 Å². The first-order chi connectivity index (χ1) is 11.0. The zero-order chi connectivity index (χ0) is 16.4. The fraction of sp³-hybridized carbons (Fsp3) is 0.118. The van der Waals surface area contributed by atoms with Gasteiger partial charge in [0.15, 0.2) is 0 Å². The van der Waals surface area contributed by atoms with Gasteiger partial charge in [0.1, 0.15) is 6.54 Å². The molecule has 1 heterocycles. The van der Waals surface area contributed by atoms with Crippen LogP contribution in [0.5, 0.6) is 0 Å². The number of fused-ring (bicyclic) bond motifs is 1. The van der Waals surface area contributed by atoms with E-state index < -0.39 is 11.1 Å². The van der Waals surface area contributed by atoms with Crippen molar-refractivity contribution in [3.63, 3.8) is 0 Å². The van der Waals surface area contributed by atoms with E-state index in [1.807, 2.05) is 19.1 Å². The molecule has 0 aliphatic rings. The van der Waals surface area contributed by atoms with E-state index >= 15 is 0 Å². The van der Waals surface area contributed by atoms with Crippen LogP contribution >= 0.6 is 0 Å². The normalized spacial score (nSPS) is 10.7. The summed E-state index contributed by atoms with van der Waals surface area (Å²) in [5.74, 6) is -0.369. The maximum atomic E-state index is 12.2. The zero-order valence-corrected chi connectivity index (χ0v) is 12.5. The van der Waals surface area contributed by atoms with Crippen molar-refractivity contribution in [2.75, 3.05) is 5.32 Å². The summed E-state index contributed by atoms with van der Waals surface area (Å²) in [5.41, 5.74) is 1.26. The topological polar surface area (TPSA) is 84.0 Å². The Balaban J connectivity index is 1.93. The third kappa shape index (κ3) is 3.06. The number of H-pyrrole nitrogens is 1. The lowest BCUT2D eigenvalue weighted by atomic mass is 10.2. The van der Waals surface area contributed by atoms with Crippen molar-refractivity contribution < 1.29 is 4.79 Å². The summed E-state index contributed by atoms with van der Waals surface area (Å²) in [5, 5.41) is 2.72. The average Bonchev–Trinajstić information content (AvgIpc) is 2.54. The summed E-state index contributed by atoms with van der Waals surface area (Å²) in [6.45, 7) is 1.73. The van der Waals surface area contributed by atoms with Crippen molar-refractivity contribution in [3.05, 3.63) is 74.8 Å². The van der Waals surface area contributed by atoms with E-state index in [2.05, 4.69) is 10.3 Å². The average molecular weight is 309 g/mol. The minimum Gasteiger partial charge on any atom is -0.325 e. The minimum atomic E-state index is -0.747. The molecule has 0 radical (unpaired) electrons. The molecule has 3 aromatic rings. The number of aromatic nitrogens is 2. The Morgan fingerprint density at radius 3 is 2.52 bits per heavy atom. The number of aryl methyl sites for hydroxylation is 1. The molecule has 0 atom stereocenters. The van der Waals surface area contributed by atoms with Crippen molar-refractivity contribution in [2.45, 2.75) is 13.5 Å². The summed E-state index contributed by atoms with van der Waals surface area (Å²) < 4.78 is 1.18. The summed E-state index contributed by atoms with van der Waals surface area (Å²) in [4.78, 5) is 38.5. The number of benzene rings is 2. The van der Waals surface area contributed by atoms with E-state index in [9.17, 15) is 14.4 Å². The number of carbonyl (C=O) groups excluding carboxylic acids is 1. The molecular weight excluding hydrogens is 294 g/mol. The van der Waals surface area contributed by atoms with Gasteiger partial charge >= 0.3 is 11.1 Å². The second-order valence-corrected chi connectivity index (χ2v) is 5.28. The summed E-state index contributed by atoms with van der Waals surface area (Å²) in [7, 11) is 0. The van der Waals surface area contributed by atoms with E-state index in [0.717, 1.165) is 5.56 Å². The van der Waals surface area contributed by atoms with Crippen LogP contribution in [0.25, 0.3) is 11.0 Å². The number of hydrogen-bond acceptors (Lipinski definition) is 3. The van der Waals surface area contributed by atoms with Gasteiger partial charge in [-0.1, -0.05) is 29.8 Å². The fourth-order valence-electron chi connectivity index (χ4n) is 2.36. The van der Waals surface area contributed by atoms with Crippen LogP contribution in [0.1, 0.15) is 5.56 Å². The van der Waals surface area contributed by atoms with Crippen molar-refractivity contribution in [2.24, 2.45) is 0 Å². The van der Waals surface area contributed by atoms with Crippen molar-refractivity contribution in [1.29, 1.82) is 0 Å². The quantitative estimate of drug-likeness (QED) is 0.721. The Labute approximate surface area is 131 Å². The first-order valence-corrected chi connectivity index (χ1v) is 7.13. The Kier molecular flexibility index (Phi) is 3.80. The molecular formula is C17H15N3O3. The van der Waals surface area contributed by atoms with Crippen LogP contribution < -0.4 is 16.4 Å². The molecule has 6 heteroatoms. The van der Waals surface area contributed by atoms with Gasteiger partial charge in [0, 0.05) is 5.69 Å². The van der Waals surface area contributed by atoms with Crippen LogP contribution in [-0.4, -0.2) is 15.5 Å². The number of anilines is 1. The SMILES string of the molecule is Cc1ccc(NC(=O)Cn2c(=O)c(=O)[nH]c3ccccc32)cc1. The molecule has 116 valence electrons. The molecule has 1 amide bonds. The van der Waals surface area contributed by atoms with Crippen LogP contribution in [0.4, 0.5) is 5.69 Å². The van der Waals surface area contributed by atoms with E-state index in [4.69, 9.17) is 0 Å². The van der Waals surface area contributed by atoms with E-state index in [-0.39, 0.29) is 12.5 Å². The molecule has 2 N–H and O–H groups in total. The molecule has 0 unspecified atom stereocenters. The summed E-state index contributed by atoms with van der Waals surface area (Å²) in [6, 6.07) is 14.2. The predicted molar refractivity (Wildman–Crippen MR) is 88.6 cm³/mol. The van der Waals surface area contributed by atoms with Gasteiger partial charge in [-0.15, -0.1) is 0 Å². The number of rotatable bonds is 3. The van der Waals surface area contributed by atoms with Crippen molar-refractivity contribution in [1.82, 2.24) is 9.55 Å². The van der Waals surface area contributed by atoms with Gasteiger partial charge in [0.05, 0.1) is 11.0 Å². The highest BCUT2D eigenvalue weighted by Gasteiger charge is 2.11. The van der Waals surface area contributed by atoms with Crippen LogP contribution in [0.2, 0.25) is 0 Å².